The summed E-state index contributed by atoms with van der Waals surface area (Å²) in [5.41, 5.74) is 1.22. The zero-order valence-electron chi connectivity index (χ0n) is 17.1. The van der Waals surface area contributed by atoms with Crippen molar-refractivity contribution in [2.24, 2.45) is 0 Å². The number of rotatable bonds is 7. The molecule has 0 spiro atoms. The molecule has 0 radical (unpaired) electrons. The molecule has 1 heterocycles. The molecule has 30 heavy (non-hydrogen) atoms. The molecule has 8 heteroatoms. The van der Waals surface area contributed by atoms with E-state index in [4.69, 9.17) is 14.7 Å². The van der Waals surface area contributed by atoms with E-state index in [-0.39, 0.29) is 5.16 Å². The van der Waals surface area contributed by atoms with Gasteiger partial charge in [-0.15, -0.1) is 0 Å². The quantitative estimate of drug-likeness (QED) is 0.633. The lowest BCUT2D eigenvalue weighted by Crippen LogP contribution is -2.36. The van der Waals surface area contributed by atoms with Crippen molar-refractivity contribution in [2.75, 3.05) is 20.5 Å². The first-order valence-electron chi connectivity index (χ1n) is 9.22. The zero-order valence-corrected chi connectivity index (χ0v) is 17.9. The van der Waals surface area contributed by atoms with E-state index in [1.54, 1.807) is 30.9 Å². The van der Waals surface area contributed by atoms with Crippen LogP contribution in [0.5, 0.6) is 0 Å². The molecule has 3 rings (SSSR count). The number of nitrogens with zero attached hydrogens (tertiary/aromatic N) is 3. The average Bonchev–Trinajstić information content (AvgIpc) is 3.17. The maximum Gasteiger partial charge on any atom is 0.227 e. The molecule has 0 bridgehead atoms. The number of hydrogen-bond acceptors (Lipinski definition) is 6. The van der Waals surface area contributed by atoms with Gasteiger partial charge >= 0.3 is 0 Å². The Morgan fingerprint density at radius 2 is 2.00 bits per heavy atom. The minimum Gasteiger partial charge on any atom is -0.498 e. The van der Waals surface area contributed by atoms with Gasteiger partial charge in [-0.2, -0.15) is 5.26 Å². The highest BCUT2D eigenvalue weighted by molar-refractivity contribution is 7.90. The number of aromatic nitrogens is 2. The van der Waals surface area contributed by atoms with Crippen LogP contribution in [0, 0.1) is 11.3 Å². The van der Waals surface area contributed by atoms with Crippen LogP contribution >= 0.6 is 0 Å². The first kappa shape index (κ1) is 21.6. The molecule has 0 aliphatic heterocycles. The van der Waals surface area contributed by atoms with E-state index in [2.05, 4.69) is 4.98 Å². The summed E-state index contributed by atoms with van der Waals surface area (Å²) < 4.78 is 38.2. The van der Waals surface area contributed by atoms with Crippen LogP contribution < -0.4 is 0 Å². The monoisotopic (exact) mass is 425 g/mol. The first-order valence-corrected chi connectivity index (χ1v) is 11.1. The van der Waals surface area contributed by atoms with Crippen molar-refractivity contribution >= 4 is 9.84 Å². The molecule has 1 unspecified atom stereocenters. The molecule has 1 aromatic carbocycles. The van der Waals surface area contributed by atoms with E-state index in [9.17, 15) is 8.42 Å². The molecule has 0 saturated carbocycles. The van der Waals surface area contributed by atoms with E-state index in [1.165, 1.54) is 12.3 Å². The number of sulfone groups is 1. The lowest BCUT2D eigenvalue weighted by atomic mass is 9.84. The molecule has 1 aliphatic rings. The van der Waals surface area contributed by atoms with E-state index in [1.807, 2.05) is 42.5 Å². The predicted octanol–water partition coefficient (Wildman–Crippen LogP) is 3.12. The van der Waals surface area contributed by atoms with Crippen LogP contribution in [0.1, 0.15) is 17.7 Å². The van der Waals surface area contributed by atoms with Gasteiger partial charge in [-0.1, -0.05) is 36.4 Å². The number of allylic oxidation sites excluding steroid dienone is 4. The van der Waals surface area contributed by atoms with Crippen LogP contribution in [-0.4, -0.2) is 38.4 Å². The van der Waals surface area contributed by atoms with Crippen LogP contribution in [-0.2, 0) is 31.5 Å². The van der Waals surface area contributed by atoms with Gasteiger partial charge in [-0.3, -0.25) is 0 Å². The second-order valence-electron chi connectivity index (χ2n) is 6.92. The van der Waals surface area contributed by atoms with Gasteiger partial charge in [-0.05, 0) is 23.3 Å². The van der Waals surface area contributed by atoms with Gasteiger partial charge in [0.2, 0.25) is 15.0 Å². The summed E-state index contributed by atoms with van der Waals surface area (Å²) in [6.45, 7) is 0.299. The van der Waals surface area contributed by atoms with Gasteiger partial charge in [0.1, 0.15) is 5.76 Å². The summed E-state index contributed by atoms with van der Waals surface area (Å²) >= 11 is 0. The molecule has 2 aromatic rings. The highest BCUT2D eigenvalue weighted by atomic mass is 32.2. The summed E-state index contributed by atoms with van der Waals surface area (Å²) in [6.07, 6.45) is 9.71. The highest BCUT2D eigenvalue weighted by Gasteiger charge is 2.44. The first-order chi connectivity index (χ1) is 14.4. The maximum atomic E-state index is 12.5. The third-order valence-electron chi connectivity index (χ3n) is 4.99. The van der Waals surface area contributed by atoms with E-state index in [0.717, 1.165) is 17.4 Å². The number of imidazole rings is 1. The molecule has 0 fully saturated rings. The fourth-order valence-corrected chi connectivity index (χ4v) is 4.44. The second kappa shape index (κ2) is 8.69. The largest absolute Gasteiger partial charge is 0.498 e. The molecule has 1 aromatic heterocycles. The topological polar surface area (TPSA) is 94.2 Å². The molecule has 156 valence electrons. The third-order valence-corrected chi connectivity index (χ3v) is 5.98. The molecule has 0 N–H and O–H groups in total. The Kier molecular flexibility index (Phi) is 6.25. The normalized spacial score (nSPS) is 19.3. The summed E-state index contributed by atoms with van der Waals surface area (Å²) in [5, 5.41) is 8.84. The number of nitriles is 1. The fraction of sp³-hybridized carbons (Fsp3) is 0.273. The molecule has 1 atom stereocenters. The Balaban J connectivity index is 2.20. The Hall–Kier alpha value is -3.15. The maximum absolute atomic E-state index is 12.5. The van der Waals surface area contributed by atoms with Gasteiger partial charge in [-0.25, -0.2) is 13.4 Å². The summed E-state index contributed by atoms with van der Waals surface area (Å²) in [6, 6.07) is 11.5. The lowest BCUT2D eigenvalue weighted by molar-refractivity contribution is -0.0302. The summed E-state index contributed by atoms with van der Waals surface area (Å²) in [7, 11) is -0.508. The Labute approximate surface area is 176 Å². The Bertz CT molecular complexity index is 1150. The fourth-order valence-electron chi connectivity index (χ4n) is 3.63. The van der Waals surface area contributed by atoms with Crippen LogP contribution in [0.2, 0.25) is 0 Å². The van der Waals surface area contributed by atoms with Crippen LogP contribution in [0.25, 0.3) is 0 Å². The number of ether oxygens (including phenoxy) is 2. The van der Waals surface area contributed by atoms with Crippen molar-refractivity contribution < 1.29 is 17.9 Å². The van der Waals surface area contributed by atoms with Crippen LogP contribution in [0.4, 0.5) is 0 Å². The van der Waals surface area contributed by atoms with Crippen molar-refractivity contribution in [3.05, 3.63) is 83.4 Å². The van der Waals surface area contributed by atoms with Crippen molar-refractivity contribution in [1.82, 2.24) is 9.55 Å². The van der Waals surface area contributed by atoms with Gasteiger partial charge in [0.15, 0.2) is 5.60 Å². The van der Waals surface area contributed by atoms with E-state index in [0.29, 0.717) is 24.4 Å². The summed E-state index contributed by atoms with van der Waals surface area (Å²) in [5.74, 6) is 0.522. The van der Waals surface area contributed by atoms with Gasteiger partial charge < -0.3 is 14.0 Å². The molecular weight excluding hydrogens is 402 g/mol. The van der Waals surface area contributed by atoms with Gasteiger partial charge in [0, 0.05) is 25.9 Å². The van der Waals surface area contributed by atoms with Crippen molar-refractivity contribution in [3.8, 4) is 6.07 Å². The van der Waals surface area contributed by atoms with Gasteiger partial charge in [0.25, 0.3) is 0 Å². The van der Waals surface area contributed by atoms with Crippen molar-refractivity contribution in [2.45, 2.75) is 23.7 Å². The third kappa shape index (κ3) is 4.08. The smallest absolute Gasteiger partial charge is 0.227 e. The molecule has 7 nitrogen and oxygen atoms in total. The minimum atomic E-state index is -3.59. The Morgan fingerprint density at radius 3 is 2.60 bits per heavy atom. The van der Waals surface area contributed by atoms with Crippen LogP contribution in [0.3, 0.4) is 0 Å². The number of methoxy groups -OCH3 is 2. The average molecular weight is 426 g/mol. The Morgan fingerprint density at radius 1 is 1.27 bits per heavy atom. The minimum absolute atomic E-state index is 0.0445. The summed E-state index contributed by atoms with van der Waals surface area (Å²) in [4.78, 5) is 4.23. The molecule has 1 aliphatic carbocycles. The van der Waals surface area contributed by atoms with E-state index < -0.39 is 15.4 Å². The zero-order chi connectivity index (χ0) is 21.8. The molecular formula is C22H23N3O4S. The van der Waals surface area contributed by atoms with E-state index >= 15 is 0 Å². The standard InChI is InChI=1S/C22H23N3O4S/c1-28-20-12-11-17(10-7-13-23)14-22(20,29-2)19-15-24-21(30(3,26)27)25(19)16-18-8-5-4-6-9-18/h4-12,15H,14,16H2,1-3H3/b10-7-. The van der Waals surface area contributed by atoms with Crippen molar-refractivity contribution in [3.63, 3.8) is 0 Å². The van der Waals surface area contributed by atoms with Gasteiger partial charge in [0.05, 0.1) is 31.6 Å². The SMILES string of the molecule is COC1=CC=C(/C=C\C#N)CC1(OC)c1cnc(S(C)(=O)=O)n1Cc1ccccc1. The molecule has 0 saturated heterocycles. The van der Waals surface area contributed by atoms with Crippen LogP contribution in [0.15, 0.2) is 77.3 Å². The second-order valence-corrected chi connectivity index (χ2v) is 8.83. The predicted molar refractivity (Wildman–Crippen MR) is 112 cm³/mol. The number of benzene rings is 1. The van der Waals surface area contributed by atoms with Crippen molar-refractivity contribution in [1.29, 1.82) is 5.26 Å². The molecule has 0 amide bonds. The highest BCUT2D eigenvalue weighted by Crippen LogP contribution is 2.43. The number of hydrogen-bond donors (Lipinski definition) is 0. The lowest BCUT2D eigenvalue weighted by Gasteiger charge is -2.36.